The normalized spacial score (nSPS) is 18.8. The van der Waals surface area contributed by atoms with Crippen LogP contribution in [0.3, 0.4) is 0 Å². The lowest BCUT2D eigenvalue weighted by molar-refractivity contribution is -0.383. The van der Waals surface area contributed by atoms with Crippen LogP contribution in [0, 0.1) is 16.0 Å². The van der Waals surface area contributed by atoms with Gasteiger partial charge in [0.2, 0.25) is 0 Å². The summed E-state index contributed by atoms with van der Waals surface area (Å²) in [6, 6.07) is 4.75. The highest BCUT2D eigenvalue weighted by Gasteiger charge is 2.14. The predicted octanol–water partition coefficient (Wildman–Crippen LogP) is 1.59. The minimum absolute atomic E-state index is 0.0412. The van der Waals surface area contributed by atoms with Crippen molar-refractivity contribution in [3.63, 3.8) is 0 Å². The third-order valence-electron chi connectivity index (χ3n) is 3.27. The highest BCUT2D eigenvalue weighted by molar-refractivity contribution is 5.65. The molecule has 0 aliphatic carbocycles. The zero-order valence-corrected chi connectivity index (χ0v) is 10.2. The Hall–Kier alpha value is -1.82. The van der Waals surface area contributed by atoms with Crippen molar-refractivity contribution in [3.05, 3.63) is 28.3 Å². The number of hydrogen-bond donors (Lipinski definition) is 3. The summed E-state index contributed by atoms with van der Waals surface area (Å²) >= 11 is 0. The van der Waals surface area contributed by atoms with E-state index < -0.39 is 4.92 Å². The number of nitrogens with zero attached hydrogens (tertiary/aromatic N) is 1. The average molecular weight is 250 g/mol. The van der Waals surface area contributed by atoms with Gasteiger partial charge in [-0.25, -0.2) is 0 Å². The zero-order chi connectivity index (χ0) is 13.0. The molecule has 6 heteroatoms. The second-order valence-corrected chi connectivity index (χ2v) is 4.60. The van der Waals surface area contributed by atoms with Crippen molar-refractivity contribution >= 4 is 17.1 Å². The molecular weight excluding hydrogens is 232 g/mol. The van der Waals surface area contributed by atoms with Gasteiger partial charge in [-0.2, -0.15) is 0 Å². The van der Waals surface area contributed by atoms with Gasteiger partial charge in [-0.15, -0.1) is 0 Å². The van der Waals surface area contributed by atoms with Gasteiger partial charge >= 0.3 is 0 Å². The molecule has 0 saturated carbocycles. The second-order valence-electron chi connectivity index (χ2n) is 4.60. The molecule has 1 atom stereocenters. The van der Waals surface area contributed by atoms with E-state index in [2.05, 4.69) is 10.6 Å². The maximum atomic E-state index is 10.6. The van der Waals surface area contributed by atoms with Crippen LogP contribution < -0.4 is 16.4 Å². The Morgan fingerprint density at radius 3 is 3.00 bits per heavy atom. The van der Waals surface area contributed by atoms with Crippen LogP contribution in [-0.4, -0.2) is 24.6 Å². The predicted molar refractivity (Wildman–Crippen MR) is 71.6 cm³/mol. The van der Waals surface area contributed by atoms with Gasteiger partial charge in [0.1, 0.15) is 5.69 Å². The number of hydrogen-bond acceptors (Lipinski definition) is 5. The Morgan fingerprint density at radius 2 is 2.39 bits per heavy atom. The molecular formula is C12H18N4O2. The first-order valence-electron chi connectivity index (χ1n) is 6.15. The van der Waals surface area contributed by atoms with E-state index >= 15 is 0 Å². The van der Waals surface area contributed by atoms with Crippen molar-refractivity contribution in [3.8, 4) is 0 Å². The summed E-state index contributed by atoms with van der Waals surface area (Å²) in [5.74, 6) is 0.730. The van der Waals surface area contributed by atoms with E-state index in [-0.39, 0.29) is 11.4 Å². The molecule has 2 rings (SSSR count). The molecule has 1 aromatic rings. The molecule has 98 valence electrons. The highest BCUT2D eigenvalue weighted by Crippen LogP contribution is 2.24. The lowest BCUT2D eigenvalue weighted by Crippen LogP contribution is -2.12. The number of rotatable bonds is 5. The molecule has 1 aliphatic rings. The highest BCUT2D eigenvalue weighted by atomic mass is 16.6. The van der Waals surface area contributed by atoms with Crippen LogP contribution in [0.5, 0.6) is 0 Å². The van der Waals surface area contributed by atoms with Gasteiger partial charge in [-0.3, -0.25) is 10.1 Å². The van der Waals surface area contributed by atoms with Crippen LogP contribution in [0.4, 0.5) is 17.1 Å². The number of benzene rings is 1. The Balaban J connectivity index is 1.85. The molecule has 6 nitrogen and oxygen atoms in total. The van der Waals surface area contributed by atoms with Gasteiger partial charge in [0, 0.05) is 18.3 Å². The molecule has 0 spiro atoms. The third kappa shape index (κ3) is 3.10. The minimum atomic E-state index is -0.469. The van der Waals surface area contributed by atoms with Crippen LogP contribution in [0.25, 0.3) is 0 Å². The van der Waals surface area contributed by atoms with Gasteiger partial charge in [-0.1, -0.05) is 0 Å². The molecule has 0 bridgehead atoms. The Bertz CT molecular complexity index is 430. The van der Waals surface area contributed by atoms with Gasteiger partial charge in [-0.05, 0) is 44.0 Å². The molecule has 1 aromatic carbocycles. The number of anilines is 2. The molecule has 1 unspecified atom stereocenters. The monoisotopic (exact) mass is 250 g/mol. The SMILES string of the molecule is Nc1cc(NCCC2CCNC2)ccc1[N+](=O)[O-]. The lowest BCUT2D eigenvalue weighted by Gasteiger charge is -2.10. The fourth-order valence-corrected chi connectivity index (χ4v) is 2.21. The van der Waals surface area contributed by atoms with Crippen molar-refractivity contribution in [1.29, 1.82) is 0 Å². The van der Waals surface area contributed by atoms with E-state index in [1.54, 1.807) is 12.1 Å². The van der Waals surface area contributed by atoms with Crippen LogP contribution in [0.1, 0.15) is 12.8 Å². The summed E-state index contributed by atoms with van der Waals surface area (Å²) in [5, 5.41) is 17.2. The average Bonchev–Trinajstić information content (AvgIpc) is 2.81. The van der Waals surface area contributed by atoms with Crippen LogP contribution in [-0.2, 0) is 0 Å². The van der Waals surface area contributed by atoms with Crippen LogP contribution in [0.2, 0.25) is 0 Å². The van der Waals surface area contributed by atoms with Crippen LogP contribution >= 0.6 is 0 Å². The molecule has 1 heterocycles. The quantitative estimate of drug-likeness (QED) is 0.419. The number of nitro groups is 1. The number of nitrogens with two attached hydrogens (primary N) is 1. The summed E-state index contributed by atoms with van der Waals surface area (Å²) in [4.78, 5) is 10.2. The van der Waals surface area contributed by atoms with E-state index in [1.807, 2.05) is 0 Å². The van der Waals surface area contributed by atoms with E-state index in [0.29, 0.717) is 0 Å². The summed E-state index contributed by atoms with van der Waals surface area (Å²) < 4.78 is 0. The Morgan fingerprint density at radius 1 is 1.56 bits per heavy atom. The standard InChI is InChI=1S/C12H18N4O2/c13-11-7-10(1-2-12(11)16(17)18)15-6-4-9-3-5-14-8-9/h1-2,7,9,14-15H,3-6,8,13H2. The minimum Gasteiger partial charge on any atom is -0.393 e. The summed E-state index contributed by atoms with van der Waals surface area (Å²) in [6.07, 6.45) is 2.33. The molecule has 1 saturated heterocycles. The first-order chi connectivity index (χ1) is 8.66. The smallest absolute Gasteiger partial charge is 0.292 e. The number of nitrogen functional groups attached to an aromatic ring is 1. The van der Waals surface area contributed by atoms with Crippen molar-refractivity contribution in [2.75, 3.05) is 30.7 Å². The van der Waals surface area contributed by atoms with E-state index in [1.165, 1.54) is 12.5 Å². The summed E-state index contributed by atoms with van der Waals surface area (Å²) in [6.45, 7) is 3.06. The zero-order valence-electron chi connectivity index (χ0n) is 10.2. The van der Waals surface area contributed by atoms with Crippen molar-refractivity contribution in [2.24, 2.45) is 5.92 Å². The Labute approximate surface area is 106 Å². The van der Waals surface area contributed by atoms with E-state index in [4.69, 9.17) is 5.73 Å². The fourth-order valence-electron chi connectivity index (χ4n) is 2.21. The summed E-state index contributed by atoms with van der Waals surface area (Å²) in [7, 11) is 0. The molecule has 18 heavy (non-hydrogen) atoms. The van der Waals surface area contributed by atoms with Crippen molar-refractivity contribution in [2.45, 2.75) is 12.8 Å². The van der Waals surface area contributed by atoms with Gasteiger partial charge in [0.25, 0.3) is 5.69 Å². The van der Waals surface area contributed by atoms with E-state index in [9.17, 15) is 10.1 Å². The second kappa shape index (κ2) is 5.68. The first kappa shape index (κ1) is 12.6. The number of nitro benzene ring substituents is 1. The van der Waals surface area contributed by atoms with Gasteiger partial charge in [0.15, 0.2) is 0 Å². The maximum Gasteiger partial charge on any atom is 0.292 e. The topological polar surface area (TPSA) is 93.2 Å². The van der Waals surface area contributed by atoms with Crippen molar-refractivity contribution in [1.82, 2.24) is 5.32 Å². The molecule has 1 fully saturated rings. The molecule has 0 aromatic heterocycles. The molecule has 0 amide bonds. The summed E-state index contributed by atoms with van der Waals surface area (Å²) in [5.41, 5.74) is 6.62. The maximum absolute atomic E-state index is 10.6. The van der Waals surface area contributed by atoms with Crippen LogP contribution in [0.15, 0.2) is 18.2 Å². The first-order valence-corrected chi connectivity index (χ1v) is 6.15. The van der Waals surface area contributed by atoms with Crippen molar-refractivity contribution < 1.29 is 4.92 Å². The molecule has 1 aliphatic heterocycles. The Kier molecular flexibility index (Phi) is 3.99. The van der Waals surface area contributed by atoms with E-state index in [0.717, 1.165) is 37.7 Å². The number of nitrogens with one attached hydrogen (secondary N) is 2. The third-order valence-corrected chi connectivity index (χ3v) is 3.27. The molecule has 0 radical (unpaired) electrons. The lowest BCUT2D eigenvalue weighted by atomic mass is 10.1. The fraction of sp³-hybridized carbons (Fsp3) is 0.500. The van der Waals surface area contributed by atoms with Gasteiger partial charge < -0.3 is 16.4 Å². The molecule has 4 N–H and O–H groups in total. The largest absolute Gasteiger partial charge is 0.393 e. The van der Waals surface area contributed by atoms with Gasteiger partial charge in [0.05, 0.1) is 4.92 Å².